The zero-order valence-electron chi connectivity index (χ0n) is 15.7. The number of carbonyl (C=O) groups is 1. The van der Waals surface area contributed by atoms with E-state index in [-0.39, 0.29) is 31.0 Å². The number of hydrogen-bond donors (Lipinski definition) is 1. The molecule has 31 heavy (non-hydrogen) atoms. The van der Waals surface area contributed by atoms with Crippen molar-refractivity contribution in [2.75, 3.05) is 6.54 Å². The van der Waals surface area contributed by atoms with Crippen LogP contribution in [0.2, 0.25) is 0 Å². The number of benzene rings is 1. The molecule has 0 spiro atoms. The highest BCUT2D eigenvalue weighted by molar-refractivity contribution is 7.21. The molecule has 4 aromatic rings. The maximum Gasteiger partial charge on any atom is 0.455 e. The minimum absolute atomic E-state index is 0.0284. The van der Waals surface area contributed by atoms with Crippen molar-refractivity contribution in [3.63, 3.8) is 0 Å². The van der Waals surface area contributed by atoms with E-state index in [1.165, 1.54) is 22.2 Å². The predicted octanol–water partition coefficient (Wildman–Crippen LogP) is 2.89. The summed E-state index contributed by atoms with van der Waals surface area (Å²) in [5.41, 5.74) is 0.606. The molecule has 0 saturated carbocycles. The van der Waals surface area contributed by atoms with E-state index in [9.17, 15) is 22.8 Å². The van der Waals surface area contributed by atoms with Gasteiger partial charge in [-0.1, -0.05) is 35.5 Å². The smallest absolute Gasteiger partial charge is 0.354 e. The molecule has 0 atom stereocenters. The molecule has 12 heteroatoms. The fourth-order valence-electron chi connectivity index (χ4n) is 2.81. The fourth-order valence-corrected chi connectivity index (χ4v) is 3.80. The number of thiophene rings is 1. The Labute approximate surface area is 176 Å². The highest BCUT2D eigenvalue weighted by Crippen LogP contribution is 2.30. The summed E-state index contributed by atoms with van der Waals surface area (Å²) in [5, 5.41) is 5.75. The van der Waals surface area contributed by atoms with Crippen LogP contribution < -0.4 is 10.9 Å². The lowest BCUT2D eigenvalue weighted by Gasteiger charge is -2.06. The second-order valence-electron chi connectivity index (χ2n) is 6.48. The Morgan fingerprint density at radius 1 is 1.23 bits per heavy atom. The van der Waals surface area contributed by atoms with E-state index >= 15 is 0 Å². The van der Waals surface area contributed by atoms with E-state index in [4.69, 9.17) is 0 Å². The van der Waals surface area contributed by atoms with Crippen LogP contribution in [0.15, 0.2) is 52.0 Å². The van der Waals surface area contributed by atoms with Gasteiger partial charge in [-0.15, -0.1) is 11.3 Å². The van der Waals surface area contributed by atoms with Crippen LogP contribution in [-0.2, 0) is 23.9 Å². The second-order valence-corrected chi connectivity index (χ2v) is 7.51. The van der Waals surface area contributed by atoms with Crippen molar-refractivity contribution in [3.05, 3.63) is 64.8 Å². The van der Waals surface area contributed by atoms with E-state index < -0.39 is 17.9 Å². The minimum atomic E-state index is -4.69. The van der Waals surface area contributed by atoms with Gasteiger partial charge in [0.15, 0.2) is 0 Å². The number of hydrogen-bond acceptors (Lipinski definition) is 7. The molecule has 0 radical (unpaired) electrons. The SMILES string of the molecule is O=C(Cn1cnc2sc(-c3ccccc3)cc2c1=O)NCCc1nc(C(F)(F)F)no1. The first kappa shape index (κ1) is 20.7. The summed E-state index contributed by atoms with van der Waals surface area (Å²) in [6.45, 7) is -0.310. The molecule has 0 aliphatic carbocycles. The van der Waals surface area contributed by atoms with Crippen LogP contribution in [0.25, 0.3) is 20.7 Å². The Hall–Kier alpha value is -3.54. The molecule has 0 aliphatic heterocycles. The number of carbonyl (C=O) groups excluding carboxylic acids is 1. The summed E-state index contributed by atoms with van der Waals surface area (Å²) < 4.78 is 43.0. The number of aromatic nitrogens is 4. The van der Waals surface area contributed by atoms with Crippen molar-refractivity contribution in [2.24, 2.45) is 0 Å². The molecule has 4 rings (SSSR count). The van der Waals surface area contributed by atoms with Crippen LogP contribution in [0.4, 0.5) is 13.2 Å². The first-order chi connectivity index (χ1) is 14.8. The molecule has 1 N–H and O–H groups in total. The van der Waals surface area contributed by atoms with Gasteiger partial charge < -0.3 is 9.84 Å². The van der Waals surface area contributed by atoms with Gasteiger partial charge in [0.05, 0.1) is 11.7 Å². The summed E-state index contributed by atoms with van der Waals surface area (Å²) in [5.74, 6) is -2.12. The zero-order chi connectivity index (χ0) is 22.0. The third-order valence-electron chi connectivity index (χ3n) is 4.27. The van der Waals surface area contributed by atoms with Gasteiger partial charge in [-0.3, -0.25) is 14.2 Å². The quantitative estimate of drug-likeness (QED) is 0.486. The Balaban J connectivity index is 1.40. The molecule has 0 aliphatic rings. The van der Waals surface area contributed by atoms with Crippen molar-refractivity contribution in [1.29, 1.82) is 0 Å². The van der Waals surface area contributed by atoms with Gasteiger partial charge in [0.1, 0.15) is 11.4 Å². The molecule has 3 aromatic heterocycles. The van der Waals surface area contributed by atoms with Gasteiger partial charge in [-0.05, 0) is 11.6 Å². The minimum Gasteiger partial charge on any atom is -0.354 e. The molecule has 0 saturated heterocycles. The lowest BCUT2D eigenvalue weighted by molar-refractivity contribution is -0.146. The Morgan fingerprint density at radius 3 is 2.71 bits per heavy atom. The summed E-state index contributed by atoms with van der Waals surface area (Å²) >= 11 is 1.38. The number of nitrogens with one attached hydrogen (secondary N) is 1. The Bertz CT molecular complexity index is 1280. The maximum atomic E-state index is 12.7. The third kappa shape index (κ3) is 4.63. The standard InChI is InChI=1S/C19H14F3N5O3S/c20-19(21,22)18-25-15(30-26-18)6-7-23-14(28)9-27-10-24-16-12(17(27)29)8-13(31-16)11-4-2-1-3-5-11/h1-5,8,10H,6-7,9H2,(H,23,28). The van der Waals surface area contributed by atoms with E-state index in [0.717, 1.165) is 10.4 Å². The molecule has 8 nitrogen and oxygen atoms in total. The Kier molecular flexibility index (Phi) is 5.55. The first-order valence-electron chi connectivity index (χ1n) is 9.02. The van der Waals surface area contributed by atoms with Crippen LogP contribution in [0.3, 0.4) is 0 Å². The molecule has 3 heterocycles. The van der Waals surface area contributed by atoms with Crippen LogP contribution >= 0.6 is 11.3 Å². The molecule has 0 fully saturated rings. The molecule has 0 unspecified atom stereocenters. The van der Waals surface area contributed by atoms with Crippen LogP contribution in [0.5, 0.6) is 0 Å². The molecule has 0 bridgehead atoms. The van der Waals surface area contributed by atoms with Gasteiger partial charge in [0, 0.05) is 17.8 Å². The highest BCUT2D eigenvalue weighted by Gasteiger charge is 2.37. The molecular weight excluding hydrogens is 435 g/mol. The first-order valence-corrected chi connectivity index (χ1v) is 9.84. The van der Waals surface area contributed by atoms with Gasteiger partial charge in [-0.2, -0.15) is 18.2 Å². The van der Waals surface area contributed by atoms with Crippen molar-refractivity contribution in [2.45, 2.75) is 19.1 Å². The van der Waals surface area contributed by atoms with Gasteiger partial charge in [-0.25, -0.2) is 4.98 Å². The van der Waals surface area contributed by atoms with Gasteiger partial charge in [0.2, 0.25) is 11.8 Å². The summed E-state index contributed by atoms with van der Waals surface area (Å²) in [6, 6.07) is 11.3. The molecular formula is C19H14F3N5O3S. The normalized spacial score (nSPS) is 11.7. The topological polar surface area (TPSA) is 103 Å². The number of halogens is 3. The van der Waals surface area contributed by atoms with E-state index in [1.807, 2.05) is 30.3 Å². The number of nitrogens with zero attached hydrogens (tertiary/aromatic N) is 4. The number of amides is 1. The molecule has 1 amide bonds. The van der Waals surface area contributed by atoms with Crippen molar-refractivity contribution >= 4 is 27.5 Å². The Morgan fingerprint density at radius 2 is 2.00 bits per heavy atom. The fraction of sp³-hybridized carbons (Fsp3) is 0.211. The summed E-state index contributed by atoms with van der Waals surface area (Å²) in [7, 11) is 0. The number of fused-ring (bicyclic) bond motifs is 1. The van der Waals surface area contributed by atoms with E-state index in [1.54, 1.807) is 6.07 Å². The molecule has 160 valence electrons. The monoisotopic (exact) mass is 449 g/mol. The predicted molar refractivity (Wildman–Crippen MR) is 105 cm³/mol. The van der Waals surface area contributed by atoms with Crippen LogP contribution in [0.1, 0.15) is 11.7 Å². The van der Waals surface area contributed by atoms with Gasteiger partial charge >= 0.3 is 6.18 Å². The number of rotatable bonds is 6. The van der Waals surface area contributed by atoms with Crippen molar-refractivity contribution < 1.29 is 22.5 Å². The zero-order valence-corrected chi connectivity index (χ0v) is 16.5. The van der Waals surface area contributed by atoms with Crippen LogP contribution in [-0.4, -0.2) is 32.1 Å². The number of alkyl halides is 3. The van der Waals surface area contributed by atoms with E-state index in [2.05, 4.69) is 25.0 Å². The highest BCUT2D eigenvalue weighted by atomic mass is 32.1. The largest absolute Gasteiger partial charge is 0.455 e. The lowest BCUT2D eigenvalue weighted by Crippen LogP contribution is -2.33. The average molecular weight is 449 g/mol. The van der Waals surface area contributed by atoms with Crippen LogP contribution in [0, 0.1) is 0 Å². The van der Waals surface area contributed by atoms with Gasteiger partial charge in [0.25, 0.3) is 11.4 Å². The average Bonchev–Trinajstić information content (AvgIpc) is 3.38. The van der Waals surface area contributed by atoms with Crippen molar-refractivity contribution in [1.82, 2.24) is 25.0 Å². The maximum absolute atomic E-state index is 12.7. The second kappa shape index (κ2) is 8.30. The van der Waals surface area contributed by atoms with Crippen molar-refractivity contribution in [3.8, 4) is 10.4 Å². The summed E-state index contributed by atoms with van der Waals surface area (Å²) in [6.07, 6.45) is -3.48. The molecule has 1 aromatic carbocycles. The summed E-state index contributed by atoms with van der Waals surface area (Å²) in [4.78, 5) is 33.8. The van der Waals surface area contributed by atoms with E-state index in [0.29, 0.717) is 10.2 Å². The lowest BCUT2D eigenvalue weighted by atomic mass is 10.2. The third-order valence-corrected chi connectivity index (χ3v) is 5.37.